The smallest absolute Gasteiger partial charge is 0.390 e. The second-order valence-corrected chi connectivity index (χ2v) is 10.6. The van der Waals surface area contributed by atoms with Crippen molar-refractivity contribution >= 4 is 21.6 Å². The normalized spacial score (nSPS) is 22.1. The Morgan fingerprint density at radius 3 is 2.57 bits per heavy atom. The highest BCUT2D eigenvalue weighted by atomic mass is 31.3. The molecule has 0 radical (unpaired) electrons. The van der Waals surface area contributed by atoms with Gasteiger partial charge in [0.25, 0.3) is 5.56 Å². The Morgan fingerprint density at radius 2 is 1.91 bits per heavy atom. The zero-order valence-electron chi connectivity index (χ0n) is 18.6. The maximum absolute atomic E-state index is 12.5. The molecule has 1 aromatic heterocycles. The monoisotopic (exact) mass is 544 g/mol. The van der Waals surface area contributed by atoms with Gasteiger partial charge in [-0.15, -0.1) is 0 Å². The summed E-state index contributed by atoms with van der Waals surface area (Å²) in [5.41, 5.74) is 3.79. The van der Waals surface area contributed by atoms with Crippen LogP contribution in [0.15, 0.2) is 15.7 Å². The molecule has 4 atom stereocenters. The second-order valence-electron chi connectivity index (χ2n) is 7.80. The summed E-state index contributed by atoms with van der Waals surface area (Å²) >= 11 is 0. The van der Waals surface area contributed by atoms with E-state index in [0.717, 1.165) is 36.3 Å². The van der Waals surface area contributed by atoms with Crippen LogP contribution < -0.4 is 22.3 Å². The molecule has 1 aliphatic rings. The molecule has 0 aromatic carbocycles. The number of amides is 1. The molecule has 2 heterocycles. The Hall–Kier alpha value is -1.71. The van der Waals surface area contributed by atoms with Gasteiger partial charge < -0.3 is 35.6 Å². The average Bonchev–Trinajstić information content (AvgIpc) is 3.07. The number of aromatic nitrogens is 2. The molecular formula is C17H30N4O12P2. The number of phosphoric ester groups is 1. The quantitative estimate of drug-likeness (QED) is 0.105. The van der Waals surface area contributed by atoms with Crippen LogP contribution in [0.4, 0.5) is 0 Å². The Bertz CT molecular complexity index is 1070. The first-order valence-corrected chi connectivity index (χ1v) is 13.7. The van der Waals surface area contributed by atoms with Crippen molar-refractivity contribution in [1.82, 2.24) is 14.9 Å². The van der Waals surface area contributed by atoms with Gasteiger partial charge in [-0.1, -0.05) is 12.8 Å². The van der Waals surface area contributed by atoms with Gasteiger partial charge in [-0.05, 0) is 19.4 Å². The molecule has 200 valence electrons. The topological polar surface area (TPSA) is 253 Å². The van der Waals surface area contributed by atoms with Crippen molar-refractivity contribution in [2.24, 2.45) is 5.73 Å². The number of hydrogen-bond acceptors (Lipinski definition) is 10. The van der Waals surface area contributed by atoms with E-state index in [9.17, 15) is 33.5 Å². The van der Waals surface area contributed by atoms with Gasteiger partial charge in [0.05, 0.1) is 19.1 Å². The third-order valence-corrected chi connectivity index (χ3v) is 7.11. The number of phosphoric acid groups is 2. The summed E-state index contributed by atoms with van der Waals surface area (Å²) in [4.78, 5) is 65.3. The molecule has 1 fully saturated rings. The molecule has 1 aliphatic heterocycles. The molecule has 35 heavy (non-hydrogen) atoms. The molecule has 8 N–H and O–H groups in total. The molecular weight excluding hydrogens is 514 g/mol. The molecule has 1 saturated heterocycles. The molecule has 1 amide bonds. The van der Waals surface area contributed by atoms with Gasteiger partial charge in [0.2, 0.25) is 5.91 Å². The molecule has 0 aliphatic carbocycles. The van der Waals surface area contributed by atoms with E-state index in [1.807, 2.05) is 4.98 Å². The number of hydrogen-bond donors (Lipinski definition) is 7. The van der Waals surface area contributed by atoms with Crippen molar-refractivity contribution in [2.45, 2.75) is 57.0 Å². The van der Waals surface area contributed by atoms with Gasteiger partial charge in [-0.25, -0.2) is 13.9 Å². The molecule has 0 bridgehead atoms. The number of carbonyl (C=O) groups is 1. The predicted octanol–water partition coefficient (Wildman–Crippen LogP) is -1.41. The van der Waals surface area contributed by atoms with E-state index in [1.165, 1.54) is 0 Å². The summed E-state index contributed by atoms with van der Waals surface area (Å²) in [6.45, 7) is 0.175. The highest BCUT2D eigenvalue weighted by molar-refractivity contribution is 7.60. The minimum Gasteiger partial charge on any atom is -0.390 e. The lowest BCUT2D eigenvalue weighted by Gasteiger charge is -2.20. The van der Waals surface area contributed by atoms with E-state index in [1.54, 1.807) is 0 Å². The third kappa shape index (κ3) is 10.1. The Balaban J connectivity index is 2.05. The van der Waals surface area contributed by atoms with Crippen molar-refractivity contribution in [2.75, 3.05) is 19.7 Å². The number of rotatable bonds is 14. The van der Waals surface area contributed by atoms with Crippen LogP contribution in [0.25, 0.3) is 0 Å². The van der Waals surface area contributed by atoms with Gasteiger partial charge in [0, 0.05) is 24.7 Å². The van der Waals surface area contributed by atoms with Gasteiger partial charge >= 0.3 is 21.3 Å². The zero-order valence-corrected chi connectivity index (χ0v) is 20.4. The highest BCUT2D eigenvalue weighted by Gasteiger charge is 2.40. The summed E-state index contributed by atoms with van der Waals surface area (Å²) in [6.07, 6.45) is -0.923. The van der Waals surface area contributed by atoms with Crippen LogP contribution in [0.3, 0.4) is 0 Å². The minimum atomic E-state index is -5.33. The van der Waals surface area contributed by atoms with E-state index in [2.05, 4.69) is 14.2 Å². The fraction of sp³-hybridized carbons (Fsp3) is 0.706. The van der Waals surface area contributed by atoms with Crippen LogP contribution in [0.2, 0.25) is 0 Å². The van der Waals surface area contributed by atoms with Gasteiger partial charge in [0.1, 0.15) is 12.3 Å². The highest BCUT2D eigenvalue weighted by Crippen LogP contribution is 2.57. The van der Waals surface area contributed by atoms with Crippen molar-refractivity contribution in [3.8, 4) is 0 Å². The molecule has 2 rings (SSSR count). The second kappa shape index (κ2) is 13.0. The van der Waals surface area contributed by atoms with E-state index in [4.69, 9.17) is 20.3 Å². The number of nitrogens with two attached hydrogens (primary N) is 1. The Morgan fingerprint density at radius 1 is 1.23 bits per heavy atom. The first kappa shape index (κ1) is 29.5. The van der Waals surface area contributed by atoms with Gasteiger partial charge in [0.15, 0.2) is 0 Å². The first-order chi connectivity index (χ1) is 16.3. The van der Waals surface area contributed by atoms with Crippen molar-refractivity contribution in [3.05, 3.63) is 32.6 Å². The minimum absolute atomic E-state index is 0.0100. The summed E-state index contributed by atoms with van der Waals surface area (Å²) in [5.74, 6) is -0.447. The first-order valence-electron chi connectivity index (χ1n) is 10.7. The van der Waals surface area contributed by atoms with Gasteiger partial charge in [-0.3, -0.25) is 23.7 Å². The van der Waals surface area contributed by atoms with Crippen LogP contribution >= 0.6 is 15.6 Å². The number of ether oxygens (including phenoxy) is 1. The lowest BCUT2D eigenvalue weighted by atomic mass is 10.2. The maximum Gasteiger partial charge on any atom is 0.481 e. The number of carbonyl (C=O) groups excluding carboxylic acids is 1. The molecule has 0 spiro atoms. The van der Waals surface area contributed by atoms with E-state index >= 15 is 0 Å². The third-order valence-electron chi connectivity index (χ3n) is 4.95. The van der Waals surface area contributed by atoms with Crippen LogP contribution in [0.5, 0.6) is 0 Å². The summed E-state index contributed by atoms with van der Waals surface area (Å²) < 4.78 is 36.9. The number of aliphatic hydroxyl groups excluding tert-OH is 1. The fourth-order valence-electron chi connectivity index (χ4n) is 3.43. The Labute approximate surface area is 199 Å². The molecule has 1 unspecified atom stereocenters. The number of nitrogens with one attached hydrogen (secondary N) is 2. The van der Waals surface area contributed by atoms with Crippen molar-refractivity contribution in [3.63, 3.8) is 0 Å². The molecule has 16 nitrogen and oxygen atoms in total. The number of aromatic amines is 1. The van der Waals surface area contributed by atoms with Crippen LogP contribution in [-0.4, -0.2) is 67.1 Å². The van der Waals surface area contributed by atoms with E-state index < -0.39 is 57.8 Å². The largest absolute Gasteiger partial charge is 0.481 e. The fourth-order valence-corrected chi connectivity index (χ4v) is 5.03. The number of nitrogens with zero attached hydrogens (tertiary/aromatic N) is 1. The maximum atomic E-state index is 12.5. The van der Waals surface area contributed by atoms with Crippen molar-refractivity contribution in [1.29, 1.82) is 0 Å². The average molecular weight is 544 g/mol. The molecule has 18 heteroatoms. The number of H-pyrrole nitrogens is 1. The van der Waals surface area contributed by atoms with Crippen molar-refractivity contribution < 1.29 is 47.3 Å². The lowest BCUT2D eigenvalue weighted by molar-refractivity contribution is -0.120. The standard InChI is InChI=1S/C17H30N4O12P2/c18-5-3-1-2-4-6-19-14(23)7-11-8-15(24)20-17(25)21(11)16-9-12(22)13(32-16)10-31-35(29,30)33-34(26,27)28/h8,12-13,16,22H,1-7,9-10,18H2,(H,19,23)(H,29,30)(H,20,24,25)(H2,26,27,28)/t12-,13+,16+/m0/s1. The zero-order chi connectivity index (χ0) is 26.2. The summed E-state index contributed by atoms with van der Waals surface area (Å²) in [5, 5.41) is 12.9. The van der Waals surface area contributed by atoms with Crippen LogP contribution in [0.1, 0.15) is 44.0 Å². The van der Waals surface area contributed by atoms with E-state index in [0.29, 0.717) is 13.1 Å². The Kier molecular flexibility index (Phi) is 11.0. The molecule has 0 saturated carbocycles. The molecule has 1 aromatic rings. The van der Waals surface area contributed by atoms with E-state index in [-0.39, 0.29) is 18.5 Å². The summed E-state index contributed by atoms with van der Waals surface area (Å²) in [6, 6.07) is 1.04. The number of unbranched alkanes of at least 4 members (excludes halogenated alkanes) is 3. The lowest BCUT2D eigenvalue weighted by Crippen LogP contribution is -2.37. The predicted molar refractivity (Wildman–Crippen MR) is 119 cm³/mol. The van der Waals surface area contributed by atoms with Crippen LogP contribution in [0, 0.1) is 0 Å². The van der Waals surface area contributed by atoms with Gasteiger partial charge in [-0.2, -0.15) is 4.31 Å². The number of aliphatic hydroxyl groups is 1. The summed E-state index contributed by atoms with van der Waals surface area (Å²) in [7, 11) is -10.5. The SMILES string of the molecule is NCCCCCCNC(=O)Cc1cc(=O)[nH]c(=O)n1[C@H]1C[C@H](O)[C@@H](COP(=O)(O)OP(=O)(O)O)O1. The van der Waals surface area contributed by atoms with Crippen LogP contribution in [-0.2, 0) is 33.9 Å².